The van der Waals surface area contributed by atoms with E-state index in [0.717, 1.165) is 44.5 Å². The molecule has 9 nitrogen and oxygen atoms in total. The lowest BCUT2D eigenvalue weighted by Gasteiger charge is -2.44. The van der Waals surface area contributed by atoms with E-state index in [0.29, 0.717) is 19.7 Å². The first-order chi connectivity index (χ1) is 17.4. The minimum absolute atomic E-state index is 0.0415. The van der Waals surface area contributed by atoms with Crippen molar-refractivity contribution in [2.45, 2.75) is 76.3 Å². The Morgan fingerprint density at radius 3 is 2.94 bits per heavy atom. The van der Waals surface area contributed by atoms with Crippen LogP contribution in [0.1, 0.15) is 50.7 Å². The van der Waals surface area contributed by atoms with Gasteiger partial charge in [0.05, 0.1) is 31.4 Å². The number of anilines is 1. The van der Waals surface area contributed by atoms with Crippen LogP contribution in [-0.4, -0.2) is 79.0 Å². The second-order valence-electron chi connectivity index (χ2n) is 11.7. The summed E-state index contributed by atoms with van der Waals surface area (Å²) in [7, 11) is 2.19. The number of ether oxygens (including phenoxy) is 1. The molecule has 36 heavy (non-hydrogen) atoms. The molecular weight excluding hydrogens is 454 g/mol. The third-order valence-corrected chi connectivity index (χ3v) is 8.34. The van der Waals surface area contributed by atoms with Crippen LogP contribution in [0.3, 0.4) is 0 Å². The molecule has 3 fully saturated rings. The largest absolute Gasteiger partial charge is 0.363 e. The summed E-state index contributed by atoms with van der Waals surface area (Å²) in [5, 5.41) is 18.8. The Balaban J connectivity index is 1.22. The molecule has 5 atom stereocenters. The van der Waals surface area contributed by atoms with Crippen LogP contribution in [0.15, 0.2) is 30.4 Å². The molecule has 5 aliphatic rings. The van der Waals surface area contributed by atoms with Crippen molar-refractivity contribution in [2.75, 3.05) is 38.6 Å². The zero-order valence-corrected chi connectivity index (χ0v) is 21.8. The molecule has 9 heteroatoms. The van der Waals surface area contributed by atoms with Crippen LogP contribution < -0.4 is 21.3 Å². The molecular formula is C27H41N7O2. The summed E-state index contributed by atoms with van der Waals surface area (Å²) in [4.78, 5) is 15.9. The minimum Gasteiger partial charge on any atom is -0.363 e. The summed E-state index contributed by atoms with van der Waals surface area (Å²) in [5.41, 5.74) is 4.05. The number of piperidine rings is 1. The Kier molecular flexibility index (Phi) is 6.56. The quantitative estimate of drug-likeness (QED) is 0.462. The van der Waals surface area contributed by atoms with Crippen LogP contribution in [0.2, 0.25) is 0 Å². The first-order valence-electron chi connectivity index (χ1n) is 13.6. The van der Waals surface area contributed by atoms with Gasteiger partial charge in [-0.15, -0.1) is 0 Å². The van der Waals surface area contributed by atoms with Gasteiger partial charge in [-0.25, -0.2) is 0 Å². The van der Waals surface area contributed by atoms with Crippen molar-refractivity contribution in [3.63, 3.8) is 0 Å². The summed E-state index contributed by atoms with van der Waals surface area (Å²) in [6.07, 6.45) is 8.12. The molecule has 1 amide bonds. The highest BCUT2D eigenvalue weighted by molar-refractivity contribution is 5.82. The van der Waals surface area contributed by atoms with E-state index in [1.165, 1.54) is 11.1 Å². The van der Waals surface area contributed by atoms with Gasteiger partial charge in [0.25, 0.3) is 0 Å². The smallest absolute Gasteiger partial charge is 0.244 e. The first kappa shape index (κ1) is 24.3. The number of hydrogen-bond acceptors (Lipinski definition) is 8. The van der Waals surface area contributed by atoms with Gasteiger partial charge in [0.15, 0.2) is 0 Å². The molecule has 4 N–H and O–H groups in total. The standard InChI is InChI=1S/C27H41N7O2/c1-27(2)17-32(3)16-18-14-19(10-11-21(18)27)29-26-28-15-20-24(31-26)34-22-8-7-9-23(30-22)36-13-6-4-5-12-33(34)25(20)35/h4-5,10-11,14,20,22-24,26,28-31H,6-9,12-13,15-17H2,1-3H3/b5-4-. The van der Waals surface area contributed by atoms with Crippen molar-refractivity contribution in [1.82, 2.24) is 30.9 Å². The van der Waals surface area contributed by atoms with Crippen LogP contribution in [-0.2, 0) is 21.5 Å². The molecule has 196 valence electrons. The lowest BCUT2D eigenvalue weighted by atomic mass is 9.78. The van der Waals surface area contributed by atoms with Gasteiger partial charge in [-0.2, -0.15) is 5.01 Å². The van der Waals surface area contributed by atoms with Gasteiger partial charge in [0.1, 0.15) is 12.5 Å². The highest BCUT2D eigenvalue weighted by atomic mass is 16.5. The van der Waals surface area contributed by atoms with Gasteiger partial charge in [0, 0.05) is 30.7 Å². The number of fused-ring (bicyclic) bond motifs is 7. The average molecular weight is 496 g/mol. The van der Waals surface area contributed by atoms with Crippen molar-refractivity contribution in [2.24, 2.45) is 5.92 Å². The van der Waals surface area contributed by atoms with Gasteiger partial charge in [0.2, 0.25) is 5.91 Å². The van der Waals surface area contributed by atoms with Gasteiger partial charge in [-0.1, -0.05) is 32.1 Å². The van der Waals surface area contributed by atoms with E-state index < -0.39 is 0 Å². The summed E-state index contributed by atoms with van der Waals surface area (Å²) < 4.78 is 6.08. The topological polar surface area (TPSA) is 84.1 Å². The maximum atomic E-state index is 13.5. The zero-order valence-electron chi connectivity index (χ0n) is 21.8. The Labute approximate surface area is 214 Å². The predicted molar refractivity (Wildman–Crippen MR) is 139 cm³/mol. The first-order valence-corrected chi connectivity index (χ1v) is 13.6. The molecule has 0 spiro atoms. The summed E-state index contributed by atoms with van der Waals surface area (Å²) >= 11 is 0. The third-order valence-electron chi connectivity index (χ3n) is 8.34. The molecule has 0 aliphatic carbocycles. The molecule has 1 aromatic rings. The van der Waals surface area contributed by atoms with Crippen molar-refractivity contribution in [3.05, 3.63) is 41.5 Å². The van der Waals surface area contributed by atoms with E-state index in [9.17, 15) is 4.79 Å². The van der Waals surface area contributed by atoms with E-state index in [4.69, 9.17) is 4.74 Å². The number of benzene rings is 1. The predicted octanol–water partition coefficient (Wildman–Crippen LogP) is 1.70. The fraction of sp³-hybridized carbons (Fsp3) is 0.667. The molecule has 0 saturated carbocycles. The van der Waals surface area contributed by atoms with Crippen LogP contribution in [0.4, 0.5) is 5.69 Å². The molecule has 5 unspecified atom stereocenters. The van der Waals surface area contributed by atoms with Crippen LogP contribution >= 0.6 is 0 Å². The van der Waals surface area contributed by atoms with Crippen molar-refractivity contribution >= 4 is 11.6 Å². The molecule has 0 aromatic heterocycles. The van der Waals surface area contributed by atoms with E-state index >= 15 is 0 Å². The molecule has 6 rings (SSSR count). The van der Waals surface area contributed by atoms with Crippen LogP contribution in [0.25, 0.3) is 0 Å². The summed E-state index contributed by atoms with van der Waals surface area (Å²) in [6.45, 7) is 8.62. The summed E-state index contributed by atoms with van der Waals surface area (Å²) in [6, 6.07) is 6.76. The van der Waals surface area contributed by atoms with Crippen molar-refractivity contribution in [1.29, 1.82) is 0 Å². The Hall–Kier alpha value is -2.01. The van der Waals surface area contributed by atoms with Crippen LogP contribution in [0, 0.1) is 5.92 Å². The number of carbonyl (C=O) groups excluding carboxylic acids is 1. The number of hydrogen-bond donors (Lipinski definition) is 4. The van der Waals surface area contributed by atoms with Gasteiger partial charge < -0.3 is 15.0 Å². The maximum absolute atomic E-state index is 13.5. The lowest BCUT2D eigenvalue weighted by Crippen LogP contribution is -2.68. The lowest BCUT2D eigenvalue weighted by molar-refractivity contribution is -0.148. The third kappa shape index (κ3) is 4.57. The van der Waals surface area contributed by atoms with Gasteiger partial charge in [-0.3, -0.25) is 25.8 Å². The van der Waals surface area contributed by atoms with Gasteiger partial charge >= 0.3 is 0 Å². The fourth-order valence-corrected chi connectivity index (χ4v) is 6.82. The number of nitrogens with one attached hydrogen (secondary N) is 4. The normalized spacial score (nSPS) is 35.8. The van der Waals surface area contributed by atoms with Gasteiger partial charge in [-0.05, 0) is 56.0 Å². The van der Waals surface area contributed by atoms with E-state index in [1.807, 2.05) is 5.01 Å². The number of carbonyl (C=O) groups is 1. The minimum atomic E-state index is -0.129. The molecule has 3 saturated heterocycles. The highest BCUT2D eigenvalue weighted by Crippen LogP contribution is 2.35. The summed E-state index contributed by atoms with van der Waals surface area (Å²) in [5.74, 6) is 0.0618. The highest BCUT2D eigenvalue weighted by Gasteiger charge is 2.52. The molecule has 1 aromatic carbocycles. The number of rotatable bonds is 2. The number of nitrogens with zero attached hydrogens (tertiary/aromatic N) is 3. The van der Waals surface area contributed by atoms with E-state index in [-0.39, 0.29) is 42.1 Å². The van der Waals surface area contributed by atoms with Crippen molar-refractivity contribution in [3.8, 4) is 0 Å². The Morgan fingerprint density at radius 1 is 1.17 bits per heavy atom. The number of likely N-dealkylation sites (N-methyl/N-ethyl adjacent to an activating group) is 1. The molecule has 5 aliphatic heterocycles. The molecule has 2 bridgehead atoms. The second kappa shape index (κ2) is 9.70. The Bertz CT molecular complexity index is 1010. The number of amides is 1. The average Bonchev–Trinajstić information content (AvgIpc) is 3.10. The molecule has 0 radical (unpaired) electrons. The monoisotopic (exact) mass is 495 g/mol. The molecule has 5 heterocycles. The van der Waals surface area contributed by atoms with Crippen molar-refractivity contribution < 1.29 is 9.53 Å². The SMILES string of the molecule is CN1Cc2cc(NC3NCC4C(=O)N5C/C=C\CCOC6CCCC(N6)N5C4N3)ccc2C(C)(C)C1. The fourth-order valence-electron chi connectivity index (χ4n) is 6.82. The van der Waals surface area contributed by atoms with E-state index in [2.05, 4.69) is 82.4 Å². The Morgan fingerprint density at radius 2 is 2.06 bits per heavy atom. The maximum Gasteiger partial charge on any atom is 0.244 e. The van der Waals surface area contributed by atoms with E-state index in [1.54, 1.807) is 0 Å². The zero-order chi connectivity index (χ0) is 24.9. The second-order valence-corrected chi connectivity index (χ2v) is 11.7. The van der Waals surface area contributed by atoms with Crippen LogP contribution in [0.5, 0.6) is 0 Å². The number of hydrazine groups is 1.